The Bertz CT molecular complexity index is 292. The minimum absolute atomic E-state index is 0.508. The smallest absolute Gasteiger partial charge is 0.0498 e. The summed E-state index contributed by atoms with van der Waals surface area (Å²) in [6.45, 7) is 4.27. The van der Waals surface area contributed by atoms with Crippen LogP contribution in [0.3, 0.4) is 0 Å². The molecule has 0 heterocycles. The summed E-state index contributed by atoms with van der Waals surface area (Å²) in [6, 6.07) is 7.95. The fraction of sp³-hybridized carbons (Fsp3) is 0.400. The van der Waals surface area contributed by atoms with Crippen LogP contribution in [0.5, 0.6) is 0 Å². The van der Waals surface area contributed by atoms with Gasteiger partial charge in [-0.1, -0.05) is 26.0 Å². The third-order valence-corrected chi connectivity index (χ3v) is 2.77. The Morgan fingerprint density at radius 1 is 1.33 bits per heavy atom. The number of benzene rings is 1. The van der Waals surface area contributed by atoms with Crippen molar-refractivity contribution >= 4 is 10.8 Å². The zero-order valence-electron chi connectivity index (χ0n) is 7.70. The summed E-state index contributed by atoms with van der Waals surface area (Å²) in [5.41, 5.74) is 1.25. The van der Waals surface area contributed by atoms with Crippen LogP contribution in [0, 0.1) is 0 Å². The first-order chi connectivity index (χ1) is 5.61. The van der Waals surface area contributed by atoms with Gasteiger partial charge >= 0.3 is 0 Å². The van der Waals surface area contributed by atoms with Gasteiger partial charge in [0.25, 0.3) is 0 Å². The van der Waals surface area contributed by atoms with Crippen LogP contribution in [0.2, 0.25) is 0 Å². The molecule has 0 radical (unpaired) electrons. The van der Waals surface area contributed by atoms with Crippen LogP contribution in [0.4, 0.5) is 0 Å². The van der Waals surface area contributed by atoms with Crippen molar-refractivity contribution < 1.29 is 4.21 Å². The van der Waals surface area contributed by atoms with Crippen LogP contribution < -0.4 is 0 Å². The van der Waals surface area contributed by atoms with Crippen molar-refractivity contribution in [1.82, 2.24) is 0 Å². The van der Waals surface area contributed by atoms with Gasteiger partial charge < -0.3 is 0 Å². The molecule has 12 heavy (non-hydrogen) atoms. The van der Waals surface area contributed by atoms with E-state index in [2.05, 4.69) is 19.9 Å². The lowest BCUT2D eigenvalue weighted by Gasteiger charge is -2.05. The van der Waals surface area contributed by atoms with Crippen LogP contribution in [0.1, 0.15) is 25.3 Å². The van der Waals surface area contributed by atoms with Crippen molar-refractivity contribution in [2.24, 2.45) is 0 Å². The fourth-order valence-electron chi connectivity index (χ4n) is 1.05. The van der Waals surface area contributed by atoms with Crippen molar-refractivity contribution in [2.45, 2.75) is 24.7 Å². The molecule has 0 aliphatic heterocycles. The molecule has 0 spiro atoms. The van der Waals surface area contributed by atoms with Gasteiger partial charge in [-0.3, -0.25) is 4.21 Å². The van der Waals surface area contributed by atoms with Gasteiger partial charge in [-0.15, -0.1) is 0 Å². The summed E-state index contributed by atoms with van der Waals surface area (Å²) >= 11 is 0. The van der Waals surface area contributed by atoms with E-state index in [1.807, 2.05) is 18.2 Å². The molecule has 0 fully saturated rings. The molecule has 1 aromatic carbocycles. The fourth-order valence-corrected chi connectivity index (χ4v) is 1.62. The molecule has 0 amide bonds. The van der Waals surface area contributed by atoms with Crippen LogP contribution in [0.25, 0.3) is 0 Å². The van der Waals surface area contributed by atoms with Crippen molar-refractivity contribution in [2.75, 3.05) is 6.26 Å². The molecule has 1 unspecified atom stereocenters. The lowest BCUT2D eigenvalue weighted by molar-refractivity contribution is 0.686. The highest BCUT2D eigenvalue weighted by atomic mass is 32.2. The van der Waals surface area contributed by atoms with E-state index in [0.717, 1.165) is 4.90 Å². The van der Waals surface area contributed by atoms with Gasteiger partial charge in [0, 0.05) is 22.0 Å². The Hall–Kier alpha value is -0.630. The summed E-state index contributed by atoms with van der Waals surface area (Å²) in [7, 11) is -0.856. The van der Waals surface area contributed by atoms with Gasteiger partial charge in [0.1, 0.15) is 0 Å². The Labute approximate surface area is 76.3 Å². The predicted octanol–water partition coefficient (Wildman–Crippen LogP) is 2.55. The minimum Gasteiger partial charge on any atom is -0.255 e. The van der Waals surface area contributed by atoms with Crippen LogP contribution >= 0.6 is 0 Å². The SMILES string of the molecule is CC(C)c1cccc(S(C)=O)c1. The molecule has 0 saturated carbocycles. The summed E-state index contributed by atoms with van der Waals surface area (Å²) in [5.74, 6) is 0.508. The molecule has 0 aliphatic carbocycles. The van der Waals surface area contributed by atoms with E-state index in [4.69, 9.17) is 0 Å². The maximum absolute atomic E-state index is 11.1. The van der Waals surface area contributed by atoms with Gasteiger partial charge in [0.15, 0.2) is 0 Å². The third-order valence-electron chi connectivity index (χ3n) is 1.86. The zero-order chi connectivity index (χ0) is 9.14. The van der Waals surface area contributed by atoms with E-state index in [1.54, 1.807) is 6.26 Å². The Balaban J connectivity index is 3.04. The zero-order valence-corrected chi connectivity index (χ0v) is 8.52. The van der Waals surface area contributed by atoms with Gasteiger partial charge in [-0.05, 0) is 23.6 Å². The molecule has 1 aromatic rings. The highest BCUT2D eigenvalue weighted by molar-refractivity contribution is 7.84. The monoisotopic (exact) mass is 182 g/mol. The Morgan fingerprint density at radius 2 is 2.00 bits per heavy atom. The quantitative estimate of drug-likeness (QED) is 0.687. The third kappa shape index (κ3) is 2.18. The van der Waals surface area contributed by atoms with Gasteiger partial charge in [-0.2, -0.15) is 0 Å². The van der Waals surface area contributed by atoms with E-state index in [0.29, 0.717) is 5.92 Å². The molecule has 0 bridgehead atoms. The van der Waals surface area contributed by atoms with Crippen molar-refractivity contribution in [3.63, 3.8) is 0 Å². The number of hydrogen-bond acceptors (Lipinski definition) is 1. The van der Waals surface area contributed by atoms with Crippen molar-refractivity contribution in [3.05, 3.63) is 29.8 Å². The topological polar surface area (TPSA) is 17.1 Å². The second-order valence-corrected chi connectivity index (χ2v) is 4.56. The molecule has 1 atom stereocenters. The summed E-state index contributed by atoms with van der Waals surface area (Å²) in [5, 5.41) is 0. The lowest BCUT2D eigenvalue weighted by atomic mass is 10.0. The van der Waals surface area contributed by atoms with E-state index in [1.165, 1.54) is 5.56 Å². The van der Waals surface area contributed by atoms with Crippen LogP contribution in [-0.2, 0) is 10.8 Å². The van der Waals surface area contributed by atoms with E-state index in [9.17, 15) is 4.21 Å². The summed E-state index contributed by atoms with van der Waals surface area (Å²) < 4.78 is 11.1. The molecular formula is C10H14OS. The van der Waals surface area contributed by atoms with Crippen molar-refractivity contribution in [1.29, 1.82) is 0 Å². The average Bonchev–Trinajstić information content (AvgIpc) is 2.04. The molecule has 0 saturated heterocycles. The predicted molar refractivity (Wildman–Crippen MR) is 52.9 cm³/mol. The molecular weight excluding hydrogens is 168 g/mol. The first kappa shape index (κ1) is 9.46. The standard InChI is InChI=1S/C10H14OS/c1-8(2)9-5-4-6-10(7-9)12(3)11/h4-8H,1-3H3. The highest BCUT2D eigenvalue weighted by Crippen LogP contribution is 2.16. The summed E-state index contributed by atoms with van der Waals surface area (Å²) in [6.07, 6.45) is 1.71. The lowest BCUT2D eigenvalue weighted by Crippen LogP contribution is -1.91. The molecule has 1 nitrogen and oxygen atoms in total. The molecule has 66 valence electrons. The van der Waals surface area contributed by atoms with Crippen LogP contribution in [0.15, 0.2) is 29.2 Å². The number of hydrogen-bond donors (Lipinski definition) is 0. The normalized spacial score (nSPS) is 13.3. The van der Waals surface area contributed by atoms with Gasteiger partial charge in [-0.25, -0.2) is 0 Å². The average molecular weight is 182 g/mol. The number of rotatable bonds is 2. The van der Waals surface area contributed by atoms with E-state index >= 15 is 0 Å². The van der Waals surface area contributed by atoms with Gasteiger partial charge in [0.2, 0.25) is 0 Å². The molecule has 0 aromatic heterocycles. The second kappa shape index (κ2) is 3.85. The Morgan fingerprint density at radius 3 is 2.50 bits per heavy atom. The summed E-state index contributed by atoms with van der Waals surface area (Å²) in [4.78, 5) is 0.918. The largest absolute Gasteiger partial charge is 0.255 e. The van der Waals surface area contributed by atoms with E-state index in [-0.39, 0.29) is 0 Å². The van der Waals surface area contributed by atoms with Crippen LogP contribution in [-0.4, -0.2) is 10.5 Å². The second-order valence-electron chi connectivity index (χ2n) is 3.18. The molecule has 0 aliphatic rings. The molecule has 2 heteroatoms. The maximum Gasteiger partial charge on any atom is 0.0498 e. The Kier molecular flexibility index (Phi) is 3.04. The maximum atomic E-state index is 11.1. The van der Waals surface area contributed by atoms with Gasteiger partial charge in [0.05, 0.1) is 0 Å². The minimum atomic E-state index is -0.856. The first-order valence-corrected chi connectivity index (χ1v) is 5.60. The molecule has 1 rings (SSSR count). The van der Waals surface area contributed by atoms with Crippen molar-refractivity contribution in [3.8, 4) is 0 Å². The highest BCUT2D eigenvalue weighted by Gasteiger charge is 2.01. The molecule has 0 N–H and O–H groups in total. The first-order valence-electron chi connectivity index (χ1n) is 4.04. The van der Waals surface area contributed by atoms with E-state index < -0.39 is 10.8 Å².